The van der Waals surface area contributed by atoms with E-state index in [-0.39, 0.29) is 16.3 Å². The van der Waals surface area contributed by atoms with E-state index in [9.17, 15) is 12.8 Å². The van der Waals surface area contributed by atoms with Gasteiger partial charge in [0.15, 0.2) is 0 Å². The van der Waals surface area contributed by atoms with E-state index in [1.807, 2.05) is 0 Å². The van der Waals surface area contributed by atoms with Crippen LogP contribution in [0.1, 0.15) is 0 Å². The van der Waals surface area contributed by atoms with Gasteiger partial charge in [-0.3, -0.25) is 0 Å². The van der Waals surface area contributed by atoms with Crippen LogP contribution >= 0.6 is 15.9 Å². The van der Waals surface area contributed by atoms with Gasteiger partial charge in [0.1, 0.15) is 10.7 Å². The minimum Gasteiger partial charge on any atom is -0.399 e. The molecule has 2 rings (SSSR count). The molecule has 106 valence electrons. The third kappa shape index (κ3) is 3.27. The summed E-state index contributed by atoms with van der Waals surface area (Å²) in [5, 5.41) is 8.02. The maximum Gasteiger partial charge on any atom is 0.240 e. The van der Waals surface area contributed by atoms with Gasteiger partial charge in [-0.05, 0) is 52.3 Å². The van der Waals surface area contributed by atoms with E-state index in [1.54, 1.807) is 0 Å². The lowest BCUT2D eigenvalue weighted by atomic mass is 10.2. The Morgan fingerprint density at radius 1 is 1.10 bits per heavy atom. The molecule has 2 aromatic rings. The number of sulfonamides is 1. The molecule has 0 aliphatic rings. The van der Waals surface area contributed by atoms with Gasteiger partial charge in [-0.15, -0.1) is 0 Å². The number of primary sulfonamides is 1. The summed E-state index contributed by atoms with van der Waals surface area (Å²) < 4.78 is 36.6. The Kier molecular flexibility index (Phi) is 3.98. The molecule has 0 bridgehead atoms. The third-order valence-corrected chi connectivity index (χ3v) is 4.12. The molecule has 20 heavy (non-hydrogen) atoms. The molecule has 5 nitrogen and oxygen atoms in total. The molecule has 0 amide bonds. The monoisotopic (exact) mass is 359 g/mol. The van der Waals surface area contributed by atoms with E-state index in [4.69, 9.17) is 10.9 Å². The maximum absolute atomic E-state index is 13.0. The first-order valence-corrected chi connectivity index (χ1v) is 7.76. The van der Waals surface area contributed by atoms with E-state index in [1.165, 1.54) is 36.4 Å². The Bertz CT molecular complexity index is 765. The number of benzene rings is 2. The molecule has 0 atom stereocenters. The summed E-state index contributed by atoms with van der Waals surface area (Å²) in [4.78, 5) is -0.131. The normalized spacial score (nSPS) is 11.3. The van der Waals surface area contributed by atoms with Crippen molar-refractivity contribution in [2.45, 2.75) is 4.90 Å². The molecular weight excluding hydrogens is 349 g/mol. The van der Waals surface area contributed by atoms with Gasteiger partial charge in [0.05, 0.1) is 11.4 Å². The fourth-order valence-electron chi connectivity index (χ4n) is 1.61. The Morgan fingerprint density at radius 3 is 2.35 bits per heavy atom. The highest BCUT2D eigenvalue weighted by molar-refractivity contribution is 9.10. The molecule has 0 aromatic heterocycles. The van der Waals surface area contributed by atoms with Crippen molar-refractivity contribution < 1.29 is 12.8 Å². The number of hydrogen-bond donors (Lipinski definition) is 3. The number of nitrogen functional groups attached to an aromatic ring is 1. The van der Waals surface area contributed by atoms with E-state index in [0.717, 1.165) is 0 Å². The lowest BCUT2D eigenvalue weighted by molar-refractivity contribution is 0.598. The summed E-state index contributed by atoms with van der Waals surface area (Å²) in [5.74, 6) is -0.411. The third-order valence-electron chi connectivity index (χ3n) is 2.51. The first-order valence-electron chi connectivity index (χ1n) is 5.42. The minimum atomic E-state index is -3.93. The van der Waals surface area contributed by atoms with Gasteiger partial charge in [-0.1, -0.05) is 0 Å². The molecule has 0 fully saturated rings. The molecule has 0 saturated heterocycles. The number of halogens is 2. The molecule has 5 N–H and O–H groups in total. The van der Waals surface area contributed by atoms with Crippen molar-refractivity contribution in [3.8, 4) is 0 Å². The van der Waals surface area contributed by atoms with Crippen LogP contribution in [-0.2, 0) is 10.0 Å². The molecule has 0 spiro atoms. The van der Waals surface area contributed by atoms with Crippen LogP contribution < -0.4 is 16.2 Å². The average Bonchev–Trinajstić information content (AvgIpc) is 2.33. The van der Waals surface area contributed by atoms with Crippen LogP contribution in [0.4, 0.5) is 21.5 Å². The summed E-state index contributed by atoms with van der Waals surface area (Å²) >= 11 is 3.19. The van der Waals surface area contributed by atoms with Crippen LogP contribution in [0.2, 0.25) is 0 Å². The number of anilines is 3. The van der Waals surface area contributed by atoms with Crippen molar-refractivity contribution in [1.82, 2.24) is 0 Å². The van der Waals surface area contributed by atoms with Gasteiger partial charge in [-0.25, -0.2) is 17.9 Å². The van der Waals surface area contributed by atoms with Gasteiger partial charge in [-0.2, -0.15) is 0 Å². The van der Waals surface area contributed by atoms with E-state index in [0.29, 0.717) is 10.2 Å². The van der Waals surface area contributed by atoms with Gasteiger partial charge < -0.3 is 11.1 Å². The quantitative estimate of drug-likeness (QED) is 0.733. The fourth-order valence-corrected chi connectivity index (χ4v) is 2.79. The highest BCUT2D eigenvalue weighted by Gasteiger charge is 2.15. The molecule has 0 saturated carbocycles. The van der Waals surface area contributed by atoms with E-state index >= 15 is 0 Å². The minimum absolute atomic E-state index is 0.131. The first-order chi connectivity index (χ1) is 9.27. The zero-order valence-corrected chi connectivity index (χ0v) is 12.5. The maximum atomic E-state index is 13.0. The lowest BCUT2D eigenvalue weighted by Crippen LogP contribution is -2.14. The second-order valence-electron chi connectivity index (χ2n) is 4.05. The SMILES string of the molecule is Nc1ccc(Nc2ccc(F)cc2Br)c(S(N)(=O)=O)c1. The van der Waals surface area contributed by atoms with Crippen molar-refractivity contribution >= 4 is 43.0 Å². The average molecular weight is 360 g/mol. The molecule has 2 aromatic carbocycles. The van der Waals surface area contributed by atoms with Crippen LogP contribution in [0.5, 0.6) is 0 Å². The zero-order valence-electron chi connectivity index (χ0n) is 10.1. The standard InChI is InChI=1S/C12H11BrFN3O2S/c13-9-5-7(14)1-3-10(9)17-11-4-2-8(15)6-12(11)20(16,18)19/h1-6,17H,15H2,(H2,16,18,19). The fraction of sp³-hybridized carbons (Fsp3) is 0. The molecule has 0 radical (unpaired) electrons. The Labute approximate surface area is 124 Å². The highest BCUT2D eigenvalue weighted by Crippen LogP contribution is 2.30. The topological polar surface area (TPSA) is 98.2 Å². The summed E-state index contributed by atoms with van der Waals surface area (Å²) in [6, 6.07) is 8.27. The van der Waals surface area contributed by atoms with E-state index < -0.39 is 15.8 Å². The van der Waals surface area contributed by atoms with Gasteiger partial charge >= 0.3 is 0 Å². The number of nitrogens with one attached hydrogen (secondary N) is 1. The van der Waals surface area contributed by atoms with Gasteiger partial charge in [0, 0.05) is 10.2 Å². The lowest BCUT2D eigenvalue weighted by Gasteiger charge is -2.12. The summed E-state index contributed by atoms with van der Waals surface area (Å²) in [6.45, 7) is 0. The number of nitrogens with two attached hydrogens (primary N) is 2. The largest absolute Gasteiger partial charge is 0.399 e. The molecule has 0 unspecified atom stereocenters. The Balaban J connectivity index is 2.49. The molecule has 0 aliphatic carbocycles. The zero-order chi connectivity index (χ0) is 14.9. The van der Waals surface area contributed by atoms with Crippen molar-refractivity contribution in [3.05, 3.63) is 46.7 Å². The van der Waals surface area contributed by atoms with Crippen molar-refractivity contribution in [2.24, 2.45) is 5.14 Å². The predicted octanol–water partition coefficient (Wildman–Crippen LogP) is 2.56. The second kappa shape index (κ2) is 5.39. The molecule has 8 heteroatoms. The smallest absolute Gasteiger partial charge is 0.240 e. The summed E-state index contributed by atoms with van der Waals surface area (Å²) in [5.41, 5.74) is 6.60. The summed E-state index contributed by atoms with van der Waals surface area (Å²) in [6.07, 6.45) is 0. The predicted molar refractivity (Wildman–Crippen MR) is 79.6 cm³/mol. The van der Waals surface area contributed by atoms with Crippen LogP contribution in [0, 0.1) is 5.82 Å². The molecule has 0 heterocycles. The Hall–Kier alpha value is -1.64. The highest BCUT2D eigenvalue weighted by atomic mass is 79.9. The summed E-state index contributed by atoms with van der Waals surface area (Å²) in [7, 11) is -3.93. The molecule has 0 aliphatic heterocycles. The second-order valence-corrected chi connectivity index (χ2v) is 6.43. The number of hydrogen-bond acceptors (Lipinski definition) is 4. The van der Waals surface area contributed by atoms with Crippen LogP contribution in [-0.4, -0.2) is 8.42 Å². The van der Waals surface area contributed by atoms with Crippen LogP contribution in [0.25, 0.3) is 0 Å². The Morgan fingerprint density at radius 2 is 1.75 bits per heavy atom. The van der Waals surface area contributed by atoms with Crippen molar-refractivity contribution in [2.75, 3.05) is 11.1 Å². The van der Waals surface area contributed by atoms with Crippen LogP contribution in [0.15, 0.2) is 45.8 Å². The van der Waals surface area contributed by atoms with Crippen molar-refractivity contribution in [1.29, 1.82) is 0 Å². The molecular formula is C12H11BrFN3O2S. The van der Waals surface area contributed by atoms with Crippen LogP contribution in [0.3, 0.4) is 0 Å². The van der Waals surface area contributed by atoms with Gasteiger partial charge in [0.2, 0.25) is 10.0 Å². The van der Waals surface area contributed by atoms with Crippen molar-refractivity contribution in [3.63, 3.8) is 0 Å². The number of rotatable bonds is 3. The van der Waals surface area contributed by atoms with Gasteiger partial charge in [0.25, 0.3) is 0 Å². The first kappa shape index (κ1) is 14.8. The van der Waals surface area contributed by atoms with E-state index in [2.05, 4.69) is 21.2 Å².